The number of fused-ring (bicyclic) bond motifs is 3. The molecule has 0 aromatic rings. The molecule has 3 heteroatoms. The van der Waals surface area contributed by atoms with Crippen molar-refractivity contribution in [1.29, 1.82) is 0 Å². The molecule has 4 atom stereocenters. The number of carbonyl (C=O) groups is 1. The Balaban J connectivity index is 2.00. The molecule has 128 valence electrons. The maximum absolute atomic E-state index is 12.0. The first-order chi connectivity index (χ1) is 10.6. The second kappa shape index (κ2) is 5.20. The van der Waals surface area contributed by atoms with Crippen LogP contribution in [-0.4, -0.2) is 21.8 Å². The monoisotopic (exact) mass is 318 g/mol. The molecule has 0 heterocycles. The highest BCUT2D eigenvalue weighted by atomic mass is 16.4. The lowest BCUT2D eigenvalue weighted by Gasteiger charge is -2.57. The number of carboxylic acid groups (broad SMARTS) is 1. The highest BCUT2D eigenvalue weighted by Gasteiger charge is 2.57. The number of hydrogen-bond acceptors (Lipinski definition) is 2. The van der Waals surface area contributed by atoms with E-state index in [1.807, 2.05) is 20.8 Å². The number of rotatable bonds is 2. The Bertz CT molecular complexity index is 580. The maximum atomic E-state index is 12.0. The smallest absolute Gasteiger partial charge is 0.309 e. The van der Waals surface area contributed by atoms with Gasteiger partial charge < -0.3 is 10.2 Å². The van der Waals surface area contributed by atoms with Gasteiger partial charge in [0.05, 0.1) is 11.0 Å². The van der Waals surface area contributed by atoms with E-state index in [1.54, 1.807) is 0 Å². The van der Waals surface area contributed by atoms with Gasteiger partial charge in [-0.1, -0.05) is 25.5 Å². The van der Waals surface area contributed by atoms with Crippen LogP contribution in [0.3, 0.4) is 0 Å². The highest BCUT2D eigenvalue weighted by molar-refractivity contribution is 5.75. The number of carboxylic acids is 1. The number of allylic oxidation sites excluding steroid dienone is 3. The third-order valence-electron chi connectivity index (χ3n) is 7.08. The van der Waals surface area contributed by atoms with Crippen LogP contribution in [-0.2, 0) is 4.79 Å². The lowest BCUT2D eigenvalue weighted by molar-refractivity contribution is -0.162. The van der Waals surface area contributed by atoms with Crippen LogP contribution in [0.25, 0.3) is 0 Å². The molecule has 0 aliphatic heterocycles. The van der Waals surface area contributed by atoms with Gasteiger partial charge in [-0.2, -0.15) is 0 Å². The molecule has 0 saturated heterocycles. The standard InChI is InChI=1S/C20H30O3/c1-18(2,23)14-7-8-15-13(12-14)6-9-16-19(15,3)10-5-11-20(16,4)17(21)22/h6,12,15-16,23H,5,7-11H2,1-4H3,(H,21,22)/t15-,16?,19+,20+/m0/s1. The first kappa shape index (κ1) is 16.8. The minimum Gasteiger partial charge on any atom is -0.481 e. The summed E-state index contributed by atoms with van der Waals surface area (Å²) in [6.07, 6.45) is 10.2. The van der Waals surface area contributed by atoms with E-state index in [9.17, 15) is 15.0 Å². The molecule has 0 aromatic heterocycles. The minimum absolute atomic E-state index is 0.0666. The molecule has 1 unspecified atom stereocenters. The molecular weight excluding hydrogens is 288 g/mol. The van der Waals surface area contributed by atoms with E-state index in [4.69, 9.17) is 0 Å². The molecule has 1 fully saturated rings. The molecule has 3 rings (SSSR count). The van der Waals surface area contributed by atoms with Crippen molar-refractivity contribution in [2.24, 2.45) is 22.7 Å². The third-order valence-corrected chi connectivity index (χ3v) is 7.08. The van der Waals surface area contributed by atoms with E-state index in [-0.39, 0.29) is 11.3 Å². The van der Waals surface area contributed by atoms with Crippen molar-refractivity contribution in [2.75, 3.05) is 0 Å². The second-order valence-corrected chi connectivity index (χ2v) is 8.89. The molecule has 0 radical (unpaired) electrons. The van der Waals surface area contributed by atoms with Gasteiger partial charge in [-0.15, -0.1) is 0 Å². The minimum atomic E-state index is -0.758. The van der Waals surface area contributed by atoms with Gasteiger partial charge in [0.15, 0.2) is 0 Å². The van der Waals surface area contributed by atoms with Gasteiger partial charge >= 0.3 is 5.97 Å². The van der Waals surface area contributed by atoms with Crippen LogP contribution in [0.4, 0.5) is 0 Å². The normalized spacial score (nSPS) is 40.6. The van der Waals surface area contributed by atoms with Gasteiger partial charge in [-0.05, 0) is 81.3 Å². The highest BCUT2D eigenvalue weighted by Crippen LogP contribution is 2.62. The molecule has 0 bridgehead atoms. The van der Waals surface area contributed by atoms with Gasteiger partial charge in [0.1, 0.15) is 0 Å². The molecule has 3 aliphatic rings. The quantitative estimate of drug-likeness (QED) is 0.797. The first-order valence-corrected chi connectivity index (χ1v) is 8.96. The molecule has 0 spiro atoms. The molecular formula is C20H30O3. The van der Waals surface area contributed by atoms with Crippen LogP contribution in [0.1, 0.15) is 66.2 Å². The fraction of sp³-hybridized carbons (Fsp3) is 0.750. The van der Waals surface area contributed by atoms with Gasteiger partial charge in [0.2, 0.25) is 0 Å². The van der Waals surface area contributed by atoms with Crippen molar-refractivity contribution in [1.82, 2.24) is 0 Å². The van der Waals surface area contributed by atoms with E-state index in [2.05, 4.69) is 19.1 Å². The zero-order valence-corrected chi connectivity index (χ0v) is 14.9. The lowest BCUT2D eigenvalue weighted by atomic mass is 9.47. The maximum Gasteiger partial charge on any atom is 0.309 e. The van der Waals surface area contributed by atoms with Gasteiger partial charge in [0, 0.05) is 0 Å². The molecule has 0 aromatic carbocycles. The summed E-state index contributed by atoms with van der Waals surface area (Å²) < 4.78 is 0. The predicted octanol–water partition coefficient (Wildman–Crippen LogP) is 4.32. The zero-order valence-electron chi connectivity index (χ0n) is 14.9. The van der Waals surface area contributed by atoms with Crippen LogP contribution in [0.15, 0.2) is 23.3 Å². The summed E-state index contributed by atoms with van der Waals surface area (Å²) in [5.41, 5.74) is 1.15. The Hall–Kier alpha value is -1.09. The Morgan fingerprint density at radius 2 is 2.00 bits per heavy atom. The Morgan fingerprint density at radius 3 is 2.61 bits per heavy atom. The van der Waals surface area contributed by atoms with Gasteiger partial charge in [0.25, 0.3) is 0 Å². The third kappa shape index (κ3) is 2.48. The zero-order chi connectivity index (χ0) is 17.0. The molecule has 2 N–H and O–H groups in total. The summed E-state index contributed by atoms with van der Waals surface area (Å²) in [7, 11) is 0. The fourth-order valence-electron chi connectivity index (χ4n) is 5.60. The van der Waals surface area contributed by atoms with Crippen LogP contribution < -0.4 is 0 Å². The van der Waals surface area contributed by atoms with E-state index in [0.717, 1.165) is 44.1 Å². The Kier molecular flexibility index (Phi) is 3.79. The van der Waals surface area contributed by atoms with Gasteiger partial charge in [-0.3, -0.25) is 4.79 Å². The van der Waals surface area contributed by atoms with Crippen molar-refractivity contribution in [2.45, 2.75) is 71.8 Å². The topological polar surface area (TPSA) is 57.5 Å². The molecule has 1 saturated carbocycles. The molecule has 0 amide bonds. The summed E-state index contributed by atoms with van der Waals surface area (Å²) in [6.45, 7) is 7.99. The lowest BCUT2D eigenvalue weighted by Crippen LogP contribution is -2.53. The van der Waals surface area contributed by atoms with Crippen molar-refractivity contribution in [3.8, 4) is 0 Å². The number of aliphatic carboxylic acids is 1. The average molecular weight is 318 g/mol. The SMILES string of the molecule is CC(C)(O)C1=CC2=CCC3[C@](C)(C(=O)O)CCC[C@]3(C)[C@H]2CC1. The average Bonchev–Trinajstić information content (AvgIpc) is 2.45. The largest absolute Gasteiger partial charge is 0.481 e. The number of aliphatic hydroxyl groups is 1. The number of hydrogen-bond donors (Lipinski definition) is 2. The van der Waals surface area contributed by atoms with Crippen molar-refractivity contribution in [3.05, 3.63) is 23.3 Å². The fourth-order valence-corrected chi connectivity index (χ4v) is 5.60. The first-order valence-electron chi connectivity index (χ1n) is 8.96. The predicted molar refractivity (Wildman–Crippen MR) is 91.0 cm³/mol. The molecule has 3 nitrogen and oxygen atoms in total. The summed E-state index contributed by atoms with van der Waals surface area (Å²) in [5.74, 6) is 0.0206. The summed E-state index contributed by atoms with van der Waals surface area (Å²) in [5, 5.41) is 20.1. The van der Waals surface area contributed by atoms with E-state index in [1.165, 1.54) is 5.57 Å². The van der Waals surface area contributed by atoms with E-state index in [0.29, 0.717) is 5.92 Å². The van der Waals surface area contributed by atoms with Crippen LogP contribution in [0.5, 0.6) is 0 Å². The van der Waals surface area contributed by atoms with Crippen molar-refractivity contribution in [3.63, 3.8) is 0 Å². The molecule has 23 heavy (non-hydrogen) atoms. The summed E-state index contributed by atoms with van der Waals surface area (Å²) >= 11 is 0. The second-order valence-electron chi connectivity index (χ2n) is 8.89. The summed E-state index contributed by atoms with van der Waals surface area (Å²) in [4.78, 5) is 12.0. The Labute approximate surface area is 139 Å². The Morgan fingerprint density at radius 1 is 1.30 bits per heavy atom. The van der Waals surface area contributed by atoms with Crippen LogP contribution in [0, 0.1) is 22.7 Å². The van der Waals surface area contributed by atoms with Crippen molar-refractivity contribution < 1.29 is 15.0 Å². The van der Waals surface area contributed by atoms with Crippen LogP contribution >= 0.6 is 0 Å². The van der Waals surface area contributed by atoms with E-state index >= 15 is 0 Å². The van der Waals surface area contributed by atoms with Crippen LogP contribution in [0.2, 0.25) is 0 Å². The van der Waals surface area contributed by atoms with Gasteiger partial charge in [-0.25, -0.2) is 0 Å². The van der Waals surface area contributed by atoms with E-state index < -0.39 is 17.0 Å². The molecule has 3 aliphatic carbocycles. The van der Waals surface area contributed by atoms with Crippen molar-refractivity contribution >= 4 is 5.97 Å². The summed E-state index contributed by atoms with van der Waals surface area (Å²) in [6, 6.07) is 0.